The highest BCUT2D eigenvalue weighted by molar-refractivity contribution is 5.85. The van der Waals surface area contributed by atoms with Crippen molar-refractivity contribution >= 4 is 11.9 Å². The normalized spacial score (nSPS) is 16.0. The van der Waals surface area contributed by atoms with Crippen molar-refractivity contribution in [3.05, 3.63) is 48.0 Å². The summed E-state index contributed by atoms with van der Waals surface area (Å²) in [6.07, 6.45) is 6.38. The van der Waals surface area contributed by atoms with Crippen molar-refractivity contribution < 1.29 is 14.7 Å². The zero-order valence-corrected chi connectivity index (χ0v) is 11.3. The van der Waals surface area contributed by atoms with Crippen LogP contribution in [-0.2, 0) is 16.0 Å². The molecule has 0 radical (unpaired) electrons. The number of hydrogen-bond donors (Lipinski definition) is 2. The van der Waals surface area contributed by atoms with Crippen LogP contribution in [0.25, 0.3) is 0 Å². The molecule has 1 aromatic carbocycles. The molecule has 1 aliphatic carbocycles. The third-order valence-corrected chi connectivity index (χ3v) is 3.56. The summed E-state index contributed by atoms with van der Waals surface area (Å²) in [6, 6.07) is 8.88. The number of nitrogens with one attached hydrogen (secondary N) is 1. The quantitative estimate of drug-likeness (QED) is 0.780. The van der Waals surface area contributed by atoms with E-state index in [1.165, 1.54) is 0 Å². The maximum Gasteiger partial charge on any atom is 0.326 e. The Morgan fingerprint density at radius 2 is 1.85 bits per heavy atom. The van der Waals surface area contributed by atoms with Crippen molar-refractivity contribution in [3.8, 4) is 0 Å². The Balaban J connectivity index is 1.87. The van der Waals surface area contributed by atoms with Crippen molar-refractivity contribution in [2.45, 2.75) is 31.7 Å². The molecule has 0 aliphatic heterocycles. The van der Waals surface area contributed by atoms with Crippen LogP contribution in [0.15, 0.2) is 42.5 Å². The molecule has 1 aromatic rings. The Kier molecular flexibility index (Phi) is 4.93. The minimum absolute atomic E-state index is 0.103. The van der Waals surface area contributed by atoms with E-state index < -0.39 is 12.0 Å². The molecule has 106 valence electrons. The van der Waals surface area contributed by atoms with Crippen molar-refractivity contribution in [1.82, 2.24) is 5.32 Å². The molecule has 0 fully saturated rings. The molecule has 0 bridgehead atoms. The van der Waals surface area contributed by atoms with E-state index in [9.17, 15) is 14.7 Å². The Morgan fingerprint density at radius 3 is 2.45 bits per heavy atom. The topological polar surface area (TPSA) is 66.4 Å². The van der Waals surface area contributed by atoms with E-state index >= 15 is 0 Å². The summed E-state index contributed by atoms with van der Waals surface area (Å²) < 4.78 is 0. The smallest absolute Gasteiger partial charge is 0.326 e. The van der Waals surface area contributed by atoms with Gasteiger partial charge in [-0.15, -0.1) is 0 Å². The highest BCUT2D eigenvalue weighted by atomic mass is 16.4. The Labute approximate surface area is 118 Å². The van der Waals surface area contributed by atoms with Gasteiger partial charge in [0.05, 0.1) is 0 Å². The summed E-state index contributed by atoms with van der Waals surface area (Å²) in [6.45, 7) is 0. The van der Waals surface area contributed by atoms with E-state index in [0.717, 1.165) is 5.56 Å². The first kappa shape index (κ1) is 14.3. The maximum atomic E-state index is 12.0. The largest absolute Gasteiger partial charge is 0.480 e. The fraction of sp³-hybridized carbons (Fsp3) is 0.375. The second-order valence-corrected chi connectivity index (χ2v) is 5.06. The molecular formula is C16H19NO3. The molecule has 1 atom stereocenters. The van der Waals surface area contributed by atoms with Crippen LogP contribution in [0.3, 0.4) is 0 Å². The summed E-state index contributed by atoms with van der Waals surface area (Å²) in [5, 5.41) is 11.9. The molecule has 4 nitrogen and oxygen atoms in total. The molecular weight excluding hydrogens is 254 g/mol. The van der Waals surface area contributed by atoms with Crippen LogP contribution < -0.4 is 5.32 Å². The molecule has 0 saturated heterocycles. The van der Waals surface area contributed by atoms with Gasteiger partial charge in [0.1, 0.15) is 6.04 Å². The van der Waals surface area contributed by atoms with Gasteiger partial charge in [-0.05, 0) is 31.2 Å². The van der Waals surface area contributed by atoms with Crippen LogP contribution in [0.2, 0.25) is 0 Å². The standard InChI is InChI=1S/C16H19NO3/c18-15(13-8-4-5-9-13)17-14(16(19)20)11-10-12-6-2-1-3-7-12/h1-7,13-14H,8-11H2,(H,17,18)(H,19,20). The van der Waals surface area contributed by atoms with Crippen molar-refractivity contribution in [3.63, 3.8) is 0 Å². The van der Waals surface area contributed by atoms with Gasteiger partial charge in [-0.25, -0.2) is 4.79 Å². The Morgan fingerprint density at radius 1 is 1.20 bits per heavy atom. The molecule has 0 spiro atoms. The molecule has 0 heterocycles. The van der Waals surface area contributed by atoms with E-state index in [1.807, 2.05) is 42.5 Å². The second-order valence-electron chi connectivity index (χ2n) is 5.06. The summed E-state index contributed by atoms with van der Waals surface area (Å²) >= 11 is 0. The molecule has 4 heteroatoms. The van der Waals surface area contributed by atoms with E-state index in [4.69, 9.17) is 0 Å². The lowest BCUT2D eigenvalue weighted by molar-refractivity contribution is -0.142. The number of benzene rings is 1. The number of carbonyl (C=O) groups is 2. The van der Waals surface area contributed by atoms with Gasteiger partial charge in [0.2, 0.25) is 5.91 Å². The molecule has 1 unspecified atom stereocenters. The zero-order chi connectivity index (χ0) is 14.4. The van der Waals surface area contributed by atoms with Gasteiger partial charge in [0.15, 0.2) is 0 Å². The van der Waals surface area contributed by atoms with Crippen molar-refractivity contribution in [2.75, 3.05) is 0 Å². The van der Waals surface area contributed by atoms with Gasteiger partial charge in [-0.1, -0.05) is 42.5 Å². The van der Waals surface area contributed by atoms with Gasteiger partial charge >= 0.3 is 5.97 Å². The summed E-state index contributed by atoms with van der Waals surface area (Å²) in [5.41, 5.74) is 1.08. The minimum atomic E-state index is -0.972. The highest BCUT2D eigenvalue weighted by Crippen LogP contribution is 2.18. The first-order chi connectivity index (χ1) is 9.66. The molecule has 1 aliphatic rings. The number of carbonyl (C=O) groups excluding carboxylic acids is 1. The number of hydrogen-bond acceptors (Lipinski definition) is 2. The Hall–Kier alpha value is -2.10. The number of amides is 1. The van der Waals surface area contributed by atoms with Crippen LogP contribution in [0.1, 0.15) is 24.8 Å². The van der Waals surface area contributed by atoms with Gasteiger partial charge in [-0.2, -0.15) is 0 Å². The molecule has 2 rings (SSSR count). The van der Waals surface area contributed by atoms with Crippen LogP contribution in [-0.4, -0.2) is 23.0 Å². The summed E-state index contributed by atoms with van der Waals surface area (Å²) in [4.78, 5) is 23.2. The number of aliphatic carboxylic acids is 1. The molecule has 20 heavy (non-hydrogen) atoms. The minimum Gasteiger partial charge on any atom is -0.480 e. The van der Waals surface area contributed by atoms with Gasteiger partial charge in [0.25, 0.3) is 0 Å². The lowest BCUT2D eigenvalue weighted by atomic mass is 10.0. The summed E-state index contributed by atoms with van der Waals surface area (Å²) in [7, 11) is 0. The van der Waals surface area contributed by atoms with Crippen LogP contribution in [0.4, 0.5) is 0 Å². The number of carboxylic acids is 1. The van der Waals surface area contributed by atoms with Gasteiger partial charge in [-0.3, -0.25) is 4.79 Å². The molecule has 2 N–H and O–H groups in total. The SMILES string of the molecule is O=C(NC(CCc1ccccc1)C(=O)O)C1CC=CC1. The Bertz CT molecular complexity index is 488. The monoisotopic (exact) mass is 273 g/mol. The number of carboxylic acid groups (broad SMARTS) is 1. The third kappa shape index (κ3) is 3.95. The fourth-order valence-corrected chi connectivity index (χ4v) is 2.33. The predicted octanol–water partition coefficient (Wildman–Crippen LogP) is 2.15. The molecule has 0 aromatic heterocycles. The number of aryl methyl sites for hydroxylation is 1. The highest BCUT2D eigenvalue weighted by Gasteiger charge is 2.25. The number of allylic oxidation sites excluding steroid dienone is 2. The lowest BCUT2D eigenvalue weighted by Gasteiger charge is -2.17. The average Bonchev–Trinajstić information content (AvgIpc) is 2.98. The second kappa shape index (κ2) is 6.89. The van der Waals surface area contributed by atoms with Crippen molar-refractivity contribution in [2.24, 2.45) is 5.92 Å². The van der Waals surface area contributed by atoms with Crippen molar-refractivity contribution in [1.29, 1.82) is 0 Å². The number of rotatable bonds is 6. The van der Waals surface area contributed by atoms with Crippen LogP contribution >= 0.6 is 0 Å². The third-order valence-electron chi connectivity index (χ3n) is 3.56. The van der Waals surface area contributed by atoms with Crippen LogP contribution in [0.5, 0.6) is 0 Å². The lowest BCUT2D eigenvalue weighted by Crippen LogP contribution is -2.43. The molecule has 0 saturated carbocycles. The molecule has 1 amide bonds. The predicted molar refractivity (Wildman–Crippen MR) is 76.2 cm³/mol. The van der Waals surface area contributed by atoms with E-state index in [1.54, 1.807) is 0 Å². The van der Waals surface area contributed by atoms with Crippen LogP contribution in [0, 0.1) is 5.92 Å². The fourth-order valence-electron chi connectivity index (χ4n) is 2.33. The van der Waals surface area contributed by atoms with Gasteiger partial charge < -0.3 is 10.4 Å². The average molecular weight is 273 g/mol. The maximum absolute atomic E-state index is 12.0. The zero-order valence-electron chi connectivity index (χ0n) is 11.3. The van der Waals surface area contributed by atoms with E-state index in [0.29, 0.717) is 25.7 Å². The first-order valence-electron chi connectivity index (χ1n) is 6.89. The van der Waals surface area contributed by atoms with E-state index in [-0.39, 0.29) is 11.8 Å². The first-order valence-corrected chi connectivity index (χ1v) is 6.89. The van der Waals surface area contributed by atoms with Gasteiger partial charge in [0, 0.05) is 5.92 Å². The van der Waals surface area contributed by atoms with E-state index in [2.05, 4.69) is 5.32 Å². The summed E-state index contributed by atoms with van der Waals surface area (Å²) in [5.74, 6) is -1.23.